The maximum Gasteiger partial charge on any atom is 0.329 e. The molecule has 16 heteroatoms. The Hall–Kier alpha value is -5.33. The van der Waals surface area contributed by atoms with E-state index in [1.165, 1.54) is 4.90 Å². The molecule has 0 bridgehead atoms. The Morgan fingerprint density at radius 2 is 1.70 bits per heavy atom. The standard InChI is InChI=1S/C41H48ClN11O4/c1-40(2)37(41(3,4)38(40)57-29-6-5-26(20-43)31(42)19-29)49-36(55)34-45-21-28(22-46-34)51-16-8-25(9-17-51)24-50-14-10-27(11-15-50)53-32-7-13-44-35(30(32)23-47-53)52-18-12-33(54)48-39(52)56/h5-7,13,19,21-23,25,27,37-38H,8-12,14-18,24H2,1-4H3,(H,49,55)(H,48,54,56)/t37-,38-. The van der Waals surface area contributed by atoms with Crippen LogP contribution in [0.1, 0.15) is 82.0 Å². The smallest absolute Gasteiger partial charge is 0.329 e. The third-order valence-electron chi connectivity index (χ3n) is 12.5. The summed E-state index contributed by atoms with van der Waals surface area (Å²) >= 11 is 6.24. The Bertz CT molecular complexity index is 2200. The summed E-state index contributed by atoms with van der Waals surface area (Å²) in [4.78, 5) is 57.4. The van der Waals surface area contributed by atoms with Crippen molar-refractivity contribution in [2.45, 2.75) is 78.0 Å². The largest absolute Gasteiger partial charge is 0.489 e. The van der Waals surface area contributed by atoms with Crippen LogP contribution in [0.4, 0.5) is 16.3 Å². The molecule has 3 aliphatic heterocycles. The number of nitriles is 1. The van der Waals surface area contributed by atoms with Gasteiger partial charge in [-0.3, -0.25) is 24.5 Å². The van der Waals surface area contributed by atoms with Crippen LogP contribution in [0.5, 0.6) is 5.75 Å². The lowest BCUT2D eigenvalue weighted by molar-refractivity contribution is -0.164. The van der Waals surface area contributed by atoms with E-state index in [9.17, 15) is 19.6 Å². The SMILES string of the molecule is CC1(C)[C@H](NC(=O)c2ncc(N3CCC(CN4CCC(n5ncc6c(N7CCC(=O)NC7=O)nccc65)CC4)CC3)cn2)C(C)(C)[C@H]1Oc1ccc(C#N)c(Cl)c1. The Balaban J connectivity index is 0.800. The Morgan fingerprint density at radius 3 is 2.37 bits per heavy atom. The number of pyridine rings is 1. The van der Waals surface area contributed by atoms with Gasteiger partial charge in [0.2, 0.25) is 11.7 Å². The number of ether oxygens (including phenoxy) is 1. The average Bonchev–Trinajstić information content (AvgIpc) is 3.64. The monoisotopic (exact) mass is 793 g/mol. The molecule has 1 saturated carbocycles. The number of anilines is 2. The Labute approximate surface area is 336 Å². The van der Waals surface area contributed by atoms with Gasteiger partial charge in [-0.2, -0.15) is 10.4 Å². The number of halogens is 1. The predicted octanol–water partition coefficient (Wildman–Crippen LogP) is 5.36. The first-order chi connectivity index (χ1) is 27.3. The zero-order valence-corrected chi connectivity index (χ0v) is 33.5. The highest BCUT2D eigenvalue weighted by molar-refractivity contribution is 6.31. The minimum Gasteiger partial charge on any atom is -0.489 e. The van der Waals surface area contributed by atoms with E-state index < -0.39 is 16.9 Å². The molecule has 4 amide bonds. The molecular weight excluding hydrogens is 746 g/mol. The number of hydrogen-bond donors (Lipinski definition) is 2. The lowest BCUT2D eigenvalue weighted by Gasteiger charge is -2.63. The highest BCUT2D eigenvalue weighted by Crippen LogP contribution is 2.55. The van der Waals surface area contributed by atoms with Crippen LogP contribution >= 0.6 is 11.6 Å². The zero-order valence-electron chi connectivity index (χ0n) is 32.7. The van der Waals surface area contributed by atoms with Gasteiger partial charge in [0.15, 0.2) is 0 Å². The molecule has 0 atom stereocenters. The number of nitrogens with zero attached hydrogens (tertiary/aromatic N) is 9. The summed E-state index contributed by atoms with van der Waals surface area (Å²) in [7, 11) is 0. The van der Waals surface area contributed by atoms with Gasteiger partial charge in [0.25, 0.3) is 5.91 Å². The van der Waals surface area contributed by atoms with E-state index in [1.807, 2.05) is 6.07 Å². The van der Waals surface area contributed by atoms with Gasteiger partial charge in [-0.1, -0.05) is 39.3 Å². The van der Waals surface area contributed by atoms with Gasteiger partial charge in [-0.15, -0.1) is 0 Å². The summed E-state index contributed by atoms with van der Waals surface area (Å²) in [5.74, 6) is 1.27. The minimum atomic E-state index is -0.446. The fourth-order valence-corrected chi connectivity index (χ4v) is 9.92. The number of nitrogens with one attached hydrogen (secondary N) is 2. The van der Waals surface area contributed by atoms with Crippen LogP contribution in [0.2, 0.25) is 5.02 Å². The molecule has 6 heterocycles. The topological polar surface area (TPSA) is 174 Å². The minimum absolute atomic E-state index is 0.138. The number of fused-ring (bicyclic) bond motifs is 1. The normalized spacial score (nSPS) is 22.8. The quantitative estimate of drug-likeness (QED) is 0.223. The van der Waals surface area contributed by atoms with Crippen molar-refractivity contribution in [1.82, 2.24) is 40.3 Å². The third-order valence-corrected chi connectivity index (χ3v) is 12.8. The van der Waals surface area contributed by atoms with Crippen LogP contribution in [-0.2, 0) is 4.79 Å². The predicted molar refractivity (Wildman–Crippen MR) is 214 cm³/mol. The molecule has 4 aliphatic rings. The number of rotatable bonds is 9. The Kier molecular flexibility index (Phi) is 10.3. The summed E-state index contributed by atoms with van der Waals surface area (Å²) in [6.45, 7) is 13.4. The molecule has 15 nitrogen and oxygen atoms in total. The van der Waals surface area contributed by atoms with E-state index in [-0.39, 0.29) is 42.2 Å². The van der Waals surface area contributed by atoms with Gasteiger partial charge < -0.3 is 19.9 Å². The number of benzene rings is 1. The van der Waals surface area contributed by atoms with Crippen LogP contribution in [0.3, 0.4) is 0 Å². The molecule has 298 valence electrons. The number of hydrogen-bond acceptors (Lipinski definition) is 11. The molecule has 1 aromatic carbocycles. The van der Waals surface area contributed by atoms with Crippen molar-refractivity contribution in [2.75, 3.05) is 49.1 Å². The lowest BCUT2D eigenvalue weighted by Crippen LogP contribution is -2.74. The van der Waals surface area contributed by atoms with Gasteiger partial charge in [0.1, 0.15) is 23.7 Å². The van der Waals surface area contributed by atoms with Crippen molar-refractivity contribution >= 4 is 51.9 Å². The van der Waals surface area contributed by atoms with Crippen LogP contribution < -0.4 is 25.2 Å². The number of imide groups is 1. The first-order valence-electron chi connectivity index (χ1n) is 19.7. The van der Waals surface area contributed by atoms with E-state index in [4.69, 9.17) is 21.4 Å². The highest BCUT2D eigenvalue weighted by Gasteiger charge is 2.64. The first kappa shape index (κ1) is 38.5. The molecule has 3 saturated heterocycles. The molecule has 4 fully saturated rings. The van der Waals surface area contributed by atoms with Crippen molar-refractivity contribution in [1.29, 1.82) is 5.26 Å². The van der Waals surface area contributed by atoms with Crippen molar-refractivity contribution in [3.8, 4) is 11.8 Å². The summed E-state index contributed by atoms with van der Waals surface area (Å²) in [5.41, 5.74) is 1.48. The average molecular weight is 794 g/mol. The molecule has 3 aromatic heterocycles. The first-order valence-corrected chi connectivity index (χ1v) is 20.1. The summed E-state index contributed by atoms with van der Waals surface area (Å²) < 4.78 is 8.44. The summed E-state index contributed by atoms with van der Waals surface area (Å²) in [6.07, 6.45) is 11.2. The number of urea groups is 1. The molecule has 0 spiro atoms. The fraction of sp³-hybridized carbons (Fsp3) is 0.512. The molecule has 0 radical (unpaired) electrons. The molecule has 1 aliphatic carbocycles. The third kappa shape index (κ3) is 7.36. The van der Waals surface area contributed by atoms with E-state index in [1.54, 1.807) is 43.0 Å². The Morgan fingerprint density at radius 1 is 0.982 bits per heavy atom. The summed E-state index contributed by atoms with van der Waals surface area (Å²) in [5, 5.41) is 20.7. The molecule has 8 rings (SSSR count). The van der Waals surface area contributed by atoms with Crippen molar-refractivity contribution in [3.05, 3.63) is 65.5 Å². The van der Waals surface area contributed by atoms with Gasteiger partial charge in [0.05, 0.1) is 51.8 Å². The summed E-state index contributed by atoms with van der Waals surface area (Å²) in [6, 6.07) is 8.70. The second-order valence-corrected chi connectivity index (χ2v) is 17.3. The van der Waals surface area contributed by atoms with E-state index >= 15 is 0 Å². The van der Waals surface area contributed by atoms with Crippen LogP contribution in [0.25, 0.3) is 10.9 Å². The van der Waals surface area contributed by atoms with Gasteiger partial charge in [-0.05, 0) is 49.8 Å². The maximum absolute atomic E-state index is 13.4. The van der Waals surface area contributed by atoms with Crippen LogP contribution in [0, 0.1) is 28.1 Å². The highest BCUT2D eigenvalue weighted by atomic mass is 35.5. The molecule has 2 N–H and O–H groups in total. The number of piperidine rings is 2. The number of amides is 4. The second kappa shape index (κ2) is 15.2. The van der Waals surface area contributed by atoms with Gasteiger partial charge in [0, 0.05) is 74.8 Å². The molecular formula is C41H48ClN11O4. The van der Waals surface area contributed by atoms with Crippen LogP contribution in [-0.4, -0.2) is 98.9 Å². The molecule has 57 heavy (non-hydrogen) atoms. The number of carbonyl (C=O) groups is 3. The van der Waals surface area contributed by atoms with Gasteiger partial charge in [-0.25, -0.2) is 19.7 Å². The molecule has 0 unspecified atom stereocenters. The number of carbonyl (C=O) groups excluding carboxylic acids is 3. The molecule has 4 aromatic rings. The lowest BCUT2D eigenvalue weighted by atomic mass is 9.49. The second-order valence-electron chi connectivity index (χ2n) is 16.9. The van der Waals surface area contributed by atoms with E-state index in [0.29, 0.717) is 34.6 Å². The van der Waals surface area contributed by atoms with Crippen molar-refractivity contribution < 1.29 is 19.1 Å². The van der Waals surface area contributed by atoms with Crippen LogP contribution in [0.15, 0.2) is 49.1 Å². The van der Waals surface area contributed by atoms with Crippen molar-refractivity contribution in [2.24, 2.45) is 16.7 Å². The van der Waals surface area contributed by atoms with E-state index in [2.05, 4.69) is 73.8 Å². The zero-order chi connectivity index (χ0) is 40.1. The van der Waals surface area contributed by atoms with E-state index in [0.717, 1.165) is 75.0 Å². The number of likely N-dealkylation sites (tertiary alicyclic amines) is 1. The van der Waals surface area contributed by atoms with Gasteiger partial charge >= 0.3 is 6.03 Å². The maximum atomic E-state index is 13.4. The number of aromatic nitrogens is 5. The van der Waals surface area contributed by atoms with Crippen molar-refractivity contribution in [3.63, 3.8) is 0 Å². The fourth-order valence-electron chi connectivity index (χ4n) is 9.71.